The van der Waals surface area contributed by atoms with Gasteiger partial charge in [-0.05, 0) is 42.3 Å². The molecule has 0 aliphatic carbocycles. The quantitative estimate of drug-likeness (QED) is 0.775. The highest BCUT2D eigenvalue weighted by Crippen LogP contribution is 2.30. The van der Waals surface area contributed by atoms with Gasteiger partial charge in [0.1, 0.15) is 11.6 Å². The van der Waals surface area contributed by atoms with Gasteiger partial charge in [0.2, 0.25) is 0 Å². The fourth-order valence-electron chi connectivity index (χ4n) is 3.19. The van der Waals surface area contributed by atoms with E-state index in [9.17, 15) is 17.2 Å². The molecule has 2 heterocycles. The van der Waals surface area contributed by atoms with Crippen molar-refractivity contribution in [3.05, 3.63) is 65.4 Å². The Balaban J connectivity index is 2.00. The van der Waals surface area contributed by atoms with Gasteiger partial charge in [-0.1, -0.05) is 12.1 Å². The number of aromatic nitrogens is 1. The highest BCUT2D eigenvalue weighted by Gasteiger charge is 2.24. The molecule has 0 atom stereocenters. The average molecular weight is 348 g/mol. The Morgan fingerprint density at radius 3 is 2.54 bits per heavy atom. The first kappa shape index (κ1) is 15.3. The summed E-state index contributed by atoms with van der Waals surface area (Å²) >= 11 is 0. The predicted molar refractivity (Wildman–Crippen MR) is 86.3 cm³/mol. The van der Waals surface area contributed by atoms with Gasteiger partial charge in [-0.25, -0.2) is 21.2 Å². The van der Waals surface area contributed by atoms with Gasteiger partial charge >= 0.3 is 0 Å². The smallest absolute Gasteiger partial charge is 0.268 e. The molecule has 0 fully saturated rings. The van der Waals surface area contributed by atoms with E-state index in [-0.39, 0.29) is 0 Å². The molecule has 0 spiro atoms. The van der Waals surface area contributed by atoms with Crippen molar-refractivity contribution in [3.8, 4) is 0 Å². The maximum Gasteiger partial charge on any atom is 0.268 e. The second kappa shape index (κ2) is 5.39. The molecule has 4 nitrogen and oxygen atoms in total. The predicted octanol–water partition coefficient (Wildman–Crippen LogP) is 2.80. The molecule has 2 aromatic carbocycles. The van der Waals surface area contributed by atoms with E-state index in [4.69, 9.17) is 0 Å². The molecule has 1 N–H and O–H groups in total. The molecule has 3 aromatic rings. The van der Waals surface area contributed by atoms with Crippen LogP contribution in [0, 0.1) is 11.6 Å². The third kappa shape index (κ3) is 2.32. The summed E-state index contributed by atoms with van der Waals surface area (Å²) in [6.45, 7) is 1.39. The van der Waals surface area contributed by atoms with Crippen LogP contribution in [0.25, 0.3) is 10.9 Å². The minimum atomic E-state index is -4.08. The zero-order chi connectivity index (χ0) is 16.9. The summed E-state index contributed by atoms with van der Waals surface area (Å²) in [6.07, 6.45) is 2.24. The first-order valence-corrected chi connectivity index (χ1v) is 8.95. The standard InChI is InChI=1S/C17H14F2N2O2S/c18-13-6-14(19)8-15(7-13)24(22,23)21-10-12-4-5-20-9-11-2-1-3-16(21)17(11)12/h1-3,6-8,10,20H,4-5,9H2. The fraction of sp³-hybridized carbons (Fsp3) is 0.176. The first-order valence-electron chi connectivity index (χ1n) is 7.51. The third-order valence-corrected chi connectivity index (χ3v) is 5.89. The number of nitrogens with zero attached hydrogens (tertiary/aromatic N) is 1. The van der Waals surface area contributed by atoms with Crippen LogP contribution < -0.4 is 5.32 Å². The van der Waals surface area contributed by atoms with Crippen LogP contribution in [-0.2, 0) is 23.0 Å². The monoisotopic (exact) mass is 348 g/mol. The van der Waals surface area contributed by atoms with Gasteiger partial charge in [-0.15, -0.1) is 0 Å². The van der Waals surface area contributed by atoms with Crippen LogP contribution in [0.2, 0.25) is 0 Å². The Morgan fingerprint density at radius 2 is 1.79 bits per heavy atom. The summed E-state index contributed by atoms with van der Waals surface area (Å²) in [6, 6.07) is 7.76. The zero-order valence-corrected chi connectivity index (χ0v) is 13.4. The van der Waals surface area contributed by atoms with Crippen LogP contribution in [0.15, 0.2) is 47.5 Å². The van der Waals surface area contributed by atoms with Gasteiger partial charge in [-0.3, -0.25) is 0 Å². The molecular formula is C17H14F2N2O2S. The number of hydrogen-bond donors (Lipinski definition) is 1. The summed E-state index contributed by atoms with van der Waals surface area (Å²) in [5.74, 6) is -1.84. The van der Waals surface area contributed by atoms with Crippen molar-refractivity contribution in [1.82, 2.24) is 9.29 Å². The van der Waals surface area contributed by atoms with Crippen molar-refractivity contribution < 1.29 is 17.2 Å². The SMILES string of the molecule is O=S(=O)(c1cc(F)cc(F)c1)n1cc2c3c(cccc31)CNCC2. The van der Waals surface area contributed by atoms with E-state index in [1.165, 1.54) is 0 Å². The zero-order valence-electron chi connectivity index (χ0n) is 12.6. The van der Waals surface area contributed by atoms with Crippen LogP contribution in [0.3, 0.4) is 0 Å². The highest BCUT2D eigenvalue weighted by molar-refractivity contribution is 7.90. The summed E-state index contributed by atoms with van der Waals surface area (Å²) in [4.78, 5) is -0.399. The topological polar surface area (TPSA) is 51.1 Å². The second-order valence-corrected chi connectivity index (χ2v) is 7.61. The van der Waals surface area contributed by atoms with E-state index in [0.29, 0.717) is 24.5 Å². The van der Waals surface area contributed by atoms with Crippen molar-refractivity contribution >= 4 is 20.9 Å². The minimum Gasteiger partial charge on any atom is -0.312 e. The molecule has 0 saturated carbocycles. The summed E-state index contributed by atoms with van der Waals surface area (Å²) in [5.41, 5.74) is 2.45. The van der Waals surface area contributed by atoms with E-state index in [0.717, 1.165) is 39.2 Å². The molecule has 0 radical (unpaired) electrons. The molecule has 1 aliphatic heterocycles. The average Bonchev–Trinajstić information content (AvgIpc) is 2.78. The second-order valence-electron chi connectivity index (χ2n) is 5.80. The number of benzene rings is 2. The Hall–Kier alpha value is -2.25. The molecule has 0 bridgehead atoms. The van der Waals surface area contributed by atoms with Gasteiger partial charge in [0, 0.05) is 24.2 Å². The molecule has 1 aromatic heterocycles. The van der Waals surface area contributed by atoms with E-state index < -0.39 is 26.6 Å². The highest BCUT2D eigenvalue weighted by atomic mass is 32.2. The Bertz CT molecular complexity index is 1040. The van der Waals surface area contributed by atoms with Crippen LogP contribution in [0.5, 0.6) is 0 Å². The van der Waals surface area contributed by atoms with E-state index in [2.05, 4.69) is 5.32 Å². The lowest BCUT2D eigenvalue weighted by Gasteiger charge is -2.09. The number of halogens is 2. The molecular weight excluding hydrogens is 334 g/mol. The first-order chi connectivity index (χ1) is 11.5. The molecule has 0 unspecified atom stereocenters. The van der Waals surface area contributed by atoms with Gasteiger partial charge in [0.05, 0.1) is 10.4 Å². The van der Waals surface area contributed by atoms with Crippen molar-refractivity contribution in [2.24, 2.45) is 0 Å². The Morgan fingerprint density at radius 1 is 1.04 bits per heavy atom. The number of hydrogen-bond acceptors (Lipinski definition) is 3. The van der Waals surface area contributed by atoms with Gasteiger partial charge in [0.25, 0.3) is 10.0 Å². The normalized spacial score (nSPS) is 14.8. The summed E-state index contributed by atoms with van der Waals surface area (Å²) in [5, 5.41) is 4.18. The number of nitrogens with one attached hydrogen (secondary N) is 1. The van der Waals surface area contributed by atoms with Crippen molar-refractivity contribution in [2.45, 2.75) is 17.9 Å². The lowest BCUT2D eigenvalue weighted by atomic mass is 10.1. The van der Waals surface area contributed by atoms with Crippen LogP contribution in [0.4, 0.5) is 8.78 Å². The lowest BCUT2D eigenvalue weighted by molar-refractivity contribution is 0.564. The van der Waals surface area contributed by atoms with Crippen molar-refractivity contribution in [3.63, 3.8) is 0 Å². The van der Waals surface area contributed by atoms with Gasteiger partial charge < -0.3 is 5.32 Å². The van der Waals surface area contributed by atoms with Crippen molar-refractivity contribution in [1.29, 1.82) is 0 Å². The van der Waals surface area contributed by atoms with E-state index in [1.54, 1.807) is 18.3 Å². The molecule has 0 amide bonds. The summed E-state index contributed by atoms with van der Waals surface area (Å²) < 4.78 is 53.9. The van der Waals surface area contributed by atoms with Crippen molar-refractivity contribution in [2.75, 3.05) is 6.54 Å². The summed E-state index contributed by atoms with van der Waals surface area (Å²) in [7, 11) is -4.08. The number of rotatable bonds is 2. The largest absolute Gasteiger partial charge is 0.312 e. The van der Waals surface area contributed by atoms with Gasteiger partial charge in [0.15, 0.2) is 0 Å². The van der Waals surface area contributed by atoms with Gasteiger partial charge in [-0.2, -0.15) is 0 Å². The Labute approximate surface area is 137 Å². The van der Waals surface area contributed by atoms with Crippen LogP contribution in [0.1, 0.15) is 11.1 Å². The molecule has 7 heteroatoms. The fourth-order valence-corrected chi connectivity index (χ4v) is 4.62. The molecule has 124 valence electrons. The van der Waals surface area contributed by atoms with E-state index in [1.807, 2.05) is 6.07 Å². The maximum atomic E-state index is 13.5. The molecule has 0 saturated heterocycles. The maximum absolute atomic E-state index is 13.5. The van der Waals surface area contributed by atoms with Crippen LogP contribution in [-0.4, -0.2) is 18.9 Å². The Kier molecular flexibility index (Phi) is 3.43. The third-order valence-electron chi connectivity index (χ3n) is 4.24. The molecule has 24 heavy (non-hydrogen) atoms. The minimum absolute atomic E-state index is 0.399. The van der Waals surface area contributed by atoms with E-state index >= 15 is 0 Å². The molecule has 1 aliphatic rings. The lowest BCUT2D eigenvalue weighted by Crippen LogP contribution is -2.15. The van der Waals surface area contributed by atoms with Crippen LogP contribution >= 0.6 is 0 Å². The molecule has 4 rings (SSSR count).